The van der Waals surface area contributed by atoms with Crippen LogP contribution in [0.2, 0.25) is 0 Å². The van der Waals surface area contributed by atoms with Crippen LogP contribution in [0.25, 0.3) is 0 Å². The number of nitrogens with one attached hydrogen (secondary N) is 1. The zero-order valence-electron chi connectivity index (χ0n) is 9.51. The average Bonchev–Trinajstić information content (AvgIpc) is 2.63. The first-order valence-electron chi connectivity index (χ1n) is 5.06. The fourth-order valence-corrected chi connectivity index (χ4v) is 1.47. The van der Waals surface area contributed by atoms with E-state index >= 15 is 0 Å². The number of aromatic nitrogens is 3. The molecule has 1 rings (SSSR count). The highest BCUT2D eigenvalue weighted by atomic mass is 32.2. The Morgan fingerprint density at radius 3 is 3.06 bits per heavy atom. The van der Waals surface area contributed by atoms with Crippen molar-refractivity contribution in [2.75, 3.05) is 18.5 Å². The Labute approximate surface area is 99.0 Å². The lowest BCUT2D eigenvalue weighted by molar-refractivity contribution is -0.121. The number of carbonyl (C=O) groups excluding carboxylic acids is 1. The van der Waals surface area contributed by atoms with Crippen molar-refractivity contribution in [1.82, 2.24) is 20.1 Å². The van der Waals surface area contributed by atoms with Gasteiger partial charge in [0.1, 0.15) is 12.9 Å². The van der Waals surface area contributed by atoms with E-state index in [0.29, 0.717) is 11.8 Å². The quantitative estimate of drug-likeness (QED) is 0.741. The number of nitrogens with zero attached hydrogens (tertiary/aromatic N) is 3. The Morgan fingerprint density at radius 2 is 2.50 bits per heavy atom. The average molecular weight is 243 g/mol. The van der Waals surface area contributed by atoms with Crippen LogP contribution in [0.15, 0.2) is 6.33 Å². The highest BCUT2D eigenvalue weighted by molar-refractivity contribution is 7.99. The summed E-state index contributed by atoms with van der Waals surface area (Å²) in [5.74, 6) is 0.113. The van der Waals surface area contributed by atoms with Crippen LogP contribution in [0.5, 0.6) is 0 Å². The maximum Gasteiger partial charge on any atom is 0.241 e. The van der Waals surface area contributed by atoms with Gasteiger partial charge in [0, 0.05) is 11.8 Å². The monoisotopic (exact) mass is 243 g/mol. The first-order chi connectivity index (χ1) is 7.61. The molecule has 0 aliphatic rings. The van der Waals surface area contributed by atoms with Crippen LogP contribution in [-0.4, -0.2) is 38.7 Å². The fraction of sp³-hybridized carbons (Fsp3) is 0.667. The molecule has 0 saturated heterocycles. The molecule has 1 atom stereocenters. The summed E-state index contributed by atoms with van der Waals surface area (Å²) in [7, 11) is 0. The summed E-state index contributed by atoms with van der Waals surface area (Å²) in [6.07, 6.45) is 4.47. The zero-order valence-corrected chi connectivity index (χ0v) is 10.3. The number of amides is 1. The molecule has 0 fully saturated rings. The second-order valence-corrected chi connectivity index (χ2v) is 4.76. The van der Waals surface area contributed by atoms with E-state index in [-0.39, 0.29) is 18.4 Å². The number of nitrogens with two attached hydrogens (primary N) is 1. The summed E-state index contributed by atoms with van der Waals surface area (Å²) >= 11 is 1.79. The lowest BCUT2D eigenvalue weighted by atomic mass is 10.3. The number of hydrogen-bond acceptors (Lipinski definition) is 5. The molecule has 0 aliphatic heterocycles. The van der Waals surface area contributed by atoms with Crippen LogP contribution in [-0.2, 0) is 11.3 Å². The van der Waals surface area contributed by atoms with Crippen LogP contribution in [0.1, 0.15) is 13.3 Å². The van der Waals surface area contributed by atoms with E-state index in [9.17, 15) is 4.79 Å². The molecule has 1 unspecified atom stereocenters. The summed E-state index contributed by atoms with van der Waals surface area (Å²) in [4.78, 5) is 15.2. The van der Waals surface area contributed by atoms with Gasteiger partial charge in [0.25, 0.3) is 0 Å². The summed E-state index contributed by atoms with van der Waals surface area (Å²) in [6.45, 7) is 2.98. The van der Waals surface area contributed by atoms with Gasteiger partial charge in [0.05, 0.1) is 0 Å². The van der Waals surface area contributed by atoms with Gasteiger partial charge in [-0.1, -0.05) is 6.92 Å². The van der Waals surface area contributed by atoms with Crippen LogP contribution in [0, 0.1) is 0 Å². The smallest absolute Gasteiger partial charge is 0.241 e. The Morgan fingerprint density at radius 1 is 1.75 bits per heavy atom. The Kier molecular flexibility index (Phi) is 5.10. The topological polar surface area (TPSA) is 85.8 Å². The van der Waals surface area contributed by atoms with Gasteiger partial charge in [-0.3, -0.25) is 4.79 Å². The molecular formula is C9H17N5OS. The van der Waals surface area contributed by atoms with Crippen molar-refractivity contribution in [3.8, 4) is 0 Å². The number of nitrogen functional groups attached to an aromatic ring is 1. The molecule has 0 radical (unpaired) electrons. The second kappa shape index (κ2) is 6.37. The van der Waals surface area contributed by atoms with Gasteiger partial charge >= 0.3 is 0 Å². The van der Waals surface area contributed by atoms with Gasteiger partial charge in [-0.25, -0.2) is 9.67 Å². The number of thioether (sulfide) groups is 1. The van der Waals surface area contributed by atoms with Crippen molar-refractivity contribution in [3.05, 3.63) is 6.33 Å². The molecule has 6 nitrogen and oxygen atoms in total. The SMILES string of the molecule is CSC(C)CCNC(=O)Cn1cnc(N)n1. The van der Waals surface area contributed by atoms with E-state index in [0.717, 1.165) is 6.42 Å². The third-order valence-corrected chi connectivity index (χ3v) is 3.18. The molecule has 1 aromatic rings. The van der Waals surface area contributed by atoms with Gasteiger partial charge in [0.2, 0.25) is 11.9 Å². The number of carbonyl (C=O) groups is 1. The Bertz CT molecular complexity index is 340. The van der Waals surface area contributed by atoms with Crippen molar-refractivity contribution >= 4 is 23.6 Å². The van der Waals surface area contributed by atoms with Gasteiger partial charge in [-0.2, -0.15) is 11.8 Å². The minimum Gasteiger partial charge on any atom is -0.367 e. The molecule has 90 valence electrons. The first kappa shape index (κ1) is 12.8. The zero-order chi connectivity index (χ0) is 12.0. The molecule has 1 aromatic heterocycles. The molecule has 0 spiro atoms. The van der Waals surface area contributed by atoms with Gasteiger partial charge < -0.3 is 11.1 Å². The lowest BCUT2D eigenvalue weighted by Crippen LogP contribution is -2.29. The molecule has 0 aromatic carbocycles. The molecular weight excluding hydrogens is 226 g/mol. The Hall–Kier alpha value is -1.24. The summed E-state index contributed by atoms with van der Waals surface area (Å²) < 4.78 is 1.42. The van der Waals surface area contributed by atoms with Crippen LogP contribution in [0.4, 0.5) is 5.95 Å². The molecule has 1 amide bonds. The minimum atomic E-state index is -0.0711. The van der Waals surface area contributed by atoms with E-state index in [2.05, 4.69) is 28.6 Å². The van der Waals surface area contributed by atoms with Crippen molar-refractivity contribution in [2.24, 2.45) is 0 Å². The van der Waals surface area contributed by atoms with Crippen molar-refractivity contribution < 1.29 is 4.79 Å². The fourth-order valence-electron chi connectivity index (χ4n) is 1.12. The molecule has 0 saturated carbocycles. The van der Waals surface area contributed by atoms with Gasteiger partial charge in [-0.15, -0.1) is 5.10 Å². The maximum absolute atomic E-state index is 11.4. The molecule has 0 bridgehead atoms. The van der Waals surface area contributed by atoms with Crippen LogP contribution >= 0.6 is 11.8 Å². The van der Waals surface area contributed by atoms with E-state index in [1.807, 2.05) is 0 Å². The molecule has 0 aliphatic carbocycles. The first-order valence-corrected chi connectivity index (χ1v) is 6.35. The van der Waals surface area contributed by atoms with Gasteiger partial charge in [-0.05, 0) is 12.7 Å². The standard InChI is InChI=1S/C9H17N5OS/c1-7(16-2)3-4-11-8(15)5-14-6-12-9(10)13-14/h6-7H,3-5H2,1-2H3,(H2,10,13)(H,11,15). The third kappa shape index (κ3) is 4.52. The number of hydrogen-bond donors (Lipinski definition) is 2. The summed E-state index contributed by atoms with van der Waals surface area (Å²) in [6, 6.07) is 0. The lowest BCUT2D eigenvalue weighted by Gasteiger charge is -2.08. The largest absolute Gasteiger partial charge is 0.367 e. The molecule has 3 N–H and O–H groups in total. The molecule has 1 heterocycles. The summed E-state index contributed by atoms with van der Waals surface area (Å²) in [5.41, 5.74) is 5.33. The van der Waals surface area contributed by atoms with E-state index in [1.54, 1.807) is 11.8 Å². The van der Waals surface area contributed by atoms with E-state index in [1.165, 1.54) is 11.0 Å². The van der Waals surface area contributed by atoms with Crippen LogP contribution in [0.3, 0.4) is 0 Å². The summed E-state index contributed by atoms with van der Waals surface area (Å²) in [5, 5.41) is 7.21. The predicted molar refractivity (Wildman–Crippen MR) is 65.0 cm³/mol. The van der Waals surface area contributed by atoms with Crippen molar-refractivity contribution in [1.29, 1.82) is 0 Å². The second-order valence-electron chi connectivity index (χ2n) is 3.49. The number of rotatable bonds is 6. The van der Waals surface area contributed by atoms with E-state index in [4.69, 9.17) is 5.73 Å². The highest BCUT2D eigenvalue weighted by Gasteiger charge is 2.05. The normalized spacial score (nSPS) is 12.4. The van der Waals surface area contributed by atoms with Gasteiger partial charge in [0.15, 0.2) is 0 Å². The molecule has 16 heavy (non-hydrogen) atoms. The highest BCUT2D eigenvalue weighted by Crippen LogP contribution is 2.07. The number of anilines is 1. The minimum absolute atomic E-state index is 0.0711. The van der Waals surface area contributed by atoms with Crippen molar-refractivity contribution in [3.63, 3.8) is 0 Å². The maximum atomic E-state index is 11.4. The predicted octanol–water partition coefficient (Wildman–Crippen LogP) is 0.118. The Balaban J connectivity index is 2.21. The van der Waals surface area contributed by atoms with Crippen LogP contribution < -0.4 is 11.1 Å². The third-order valence-electron chi connectivity index (χ3n) is 2.14. The van der Waals surface area contributed by atoms with Crippen molar-refractivity contribution in [2.45, 2.75) is 25.1 Å². The van der Waals surface area contributed by atoms with E-state index < -0.39 is 0 Å². The molecule has 7 heteroatoms.